The molecule has 0 aliphatic heterocycles. The Labute approximate surface area is 98.1 Å². The van der Waals surface area contributed by atoms with Gasteiger partial charge < -0.3 is 10.3 Å². The highest BCUT2D eigenvalue weighted by atomic mass is 15.1. The molecule has 1 aromatic rings. The summed E-state index contributed by atoms with van der Waals surface area (Å²) in [5.41, 5.74) is 6.07. The van der Waals surface area contributed by atoms with E-state index in [4.69, 9.17) is 5.73 Å². The van der Waals surface area contributed by atoms with Crippen molar-refractivity contribution in [2.75, 3.05) is 0 Å². The number of hydrogen-bond donors (Lipinski definition) is 1. The Morgan fingerprint density at radius 3 is 2.94 bits per heavy atom. The van der Waals surface area contributed by atoms with E-state index in [1.807, 2.05) is 6.20 Å². The number of nitrogens with zero attached hydrogens (tertiary/aromatic N) is 2. The highest BCUT2D eigenvalue weighted by Crippen LogP contribution is 2.32. The van der Waals surface area contributed by atoms with Crippen LogP contribution in [0.3, 0.4) is 0 Å². The Kier molecular flexibility index (Phi) is 3.64. The van der Waals surface area contributed by atoms with Crippen LogP contribution < -0.4 is 5.73 Å². The molecule has 16 heavy (non-hydrogen) atoms. The van der Waals surface area contributed by atoms with Crippen LogP contribution in [0.4, 0.5) is 0 Å². The Hall–Kier alpha value is -0.830. The van der Waals surface area contributed by atoms with E-state index in [0.717, 1.165) is 18.9 Å². The molecule has 0 amide bonds. The van der Waals surface area contributed by atoms with Gasteiger partial charge in [0.15, 0.2) is 0 Å². The molecule has 3 heteroatoms. The minimum atomic E-state index is 0.402. The van der Waals surface area contributed by atoms with Gasteiger partial charge in [0.2, 0.25) is 0 Å². The van der Waals surface area contributed by atoms with Gasteiger partial charge in [-0.05, 0) is 31.1 Å². The summed E-state index contributed by atoms with van der Waals surface area (Å²) in [6.45, 7) is 5.58. The number of hydrogen-bond acceptors (Lipinski definition) is 2. The molecule has 2 rings (SSSR count). The van der Waals surface area contributed by atoms with E-state index >= 15 is 0 Å². The largest absolute Gasteiger partial charge is 0.335 e. The summed E-state index contributed by atoms with van der Waals surface area (Å²) in [5, 5.41) is 0. The summed E-state index contributed by atoms with van der Waals surface area (Å²) in [6, 6.07) is 0.402. The van der Waals surface area contributed by atoms with Crippen LogP contribution in [0.2, 0.25) is 0 Å². The van der Waals surface area contributed by atoms with Crippen LogP contribution in [0.1, 0.15) is 38.9 Å². The van der Waals surface area contributed by atoms with E-state index in [1.165, 1.54) is 25.1 Å². The molecule has 2 N–H and O–H groups in total. The number of imidazole rings is 1. The summed E-state index contributed by atoms with van der Waals surface area (Å²) in [5.74, 6) is 2.62. The van der Waals surface area contributed by atoms with Crippen LogP contribution in [0, 0.1) is 11.8 Å². The highest BCUT2D eigenvalue weighted by Gasteiger charge is 2.30. The van der Waals surface area contributed by atoms with E-state index in [9.17, 15) is 0 Å². The van der Waals surface area contributed by atoms with Gasteiger partial charge in [-0.1, -0.05) is 13.8 Å². The molecule has 3 nitrogen and oxygen atoms in total. The van der Waals surface area contributed by atoms with Crippen molar-refractivity contribution < 1.29 is 0 Å². The minimum absolute atomic E-state index is 0.402. The average molecular weight is 221 g/mol. The SMILES string of the molecule is CCCn1ccnc1CC1CCC(N)C1C. The third kappa shape index (κ3) is 2.29. The molecule has 1 heterocycles. The first-order valence-electron chi connectivity index (χ1n) is 6.48. The van der Waals surface area contributed by atoms with E-state index in [2.05, 4.69) is 29.6 Å². The van der Waals surface area contributed by atoms with E-state index < -0.39 is 0 Å². The maximum absolute atomic E-state index is 6.07. The third-order valence-corrected chi connectivity index (χ3v) is 4.00. The molecule has 1 saturated carbocycles. The topological polar surface area (TPSA) is 43.8 Å². The number of aryl methyl sites for hydroxylation is 1. The normalized spacial score (nSPS) is 29.8. The van der Waals surface area contributed by atoms with Gasteiger partial charge in [-0.3, -0.25) is 0 Å². The second-order valence-corrected chi connectivity index (χ2v) is 5.10. The Balaban J connectivity index is 2.00. The molecule has 3 unspecified atom stereocenters. The Bertz CT molecular complexity index is 332. The standard InChI is InChI=1S/C13H23N3/c1-3-7-16-8-6-15-13(16)9-11-4-5-12(14)10(11)2/h6,8,10-12H,3-5,7,9,14H2,1-2H3. The van der Waals surface area contributed by atoms with Crippen molar-refractivity contribution in [3.63, 3.8) is 0 Å². The van der Waals surface area contributed by atoms with E-state index in [-0.39, 0.29) is 0 Å². The Morgan fingerprint density at radius 2 is 2.31 bits per heavy atom. The van der Waals surface area contributed by atoms with Crippen molar-refractivity contribution >= 4 is 0 Å². The zero-order valence-electron chi connectivity index (χ0n) is 10.4. The maximum atomic E-state index is 6.07. The van der Waals surface area contributed by atoms with Crippen LogP contribution >= 0.6 is 0 Å². The van der Waals surface area contributed by atoms with E-state index in [1.54, 1.807) is 0 Å². The quantitative estimate of drug-likeness (QED) is 0.847. The molecule has 0 spiro atoms. The maximum Gasteiger partial charge on any atom is 0.108 e. The van der Waals surface area contributed by atoms with Gasteiger partial charge in [-0.15, -0.1) is 0 Å². The lowest BCUT2D eigenvalue weighted by Gasteiger charge is -2.18. The molecule has 3 atom stereocenters. The van der Waals surface area contributed by atoms with Gasteiger partial charge in [0, 0.05) is 31.4 Å². The minimum Gasteiger partial charge on any atom is -0.335 e. The fourth-order valence-corrected chi connectivity index (χ4v) is 2.78. The molecule has 1 aliphatic rings. The highest BCUT2D eigenvalue weighted by molar-refractivity contribution is 4.97. The fourth-order valence-electron chi connectivity index (χ4n) is 2.78. The molecule has 1 aliphatic carbocycles. The van der Waals surface area contributed by atoms with Gasteiger partial charge in [-0.25, -0.2) is 4.98 Å². The zero-order chi connectivity index (χ0) is 11.5. The van der Waals surface area contributed by atoms with Crippen LogP contribution in [0.5, 0.6) is 0 Å². The molecular formula is C13H23N3. The first-order valence-corrected chi connectivity index (χ1v) is 6.48. The lowest BCUT2D eigenvalue weighted by molar-refractivity contribution is 0.378. The lowest BCUT2D eigenvalue weighted by atomic mass is 9.93. The average Bonchev–Trinajstić information content (AvgIpc) is 2.82. The molecule has 0 aromatic carbocycles. The molecule has 0 bridgehead atoms. The monoisotopic (exact) mass is 221 g/mol. The van der Waals surface area contributed by atoms with Crippen molar-refractivity contribution in [2.24, 2.45) is 17.6 Å². The second kappa shape index (κ2) is 5.00. The van der Waals surface area contributed by atoms with Crippen LogP contribution in [-0.4, -0.2) is 15.6 Å². The molecular weight excluding hydrogens is 198 g/mol. The smallest absolute Gasteiger partial charge is 0.108 e. The van der Waals surface area contributed by atoms with Crippen molar-refractivity contribution in [1.82, 2.24) is 9.55 Å². The first kappa shape index (κ1) is 11.6. The van der Waals surface area contributed by atoms with Crippen LogP contribution in [0.25, 0.3) is 0 Å². The van der Waals surface area contributed by atoms with Gasteiger partial charge in [0.05, 0.1) is 0 Å². The molecule has 1 fully saturated rings. The van der Waals surface area contributed by atoms with Crippen LogP contribution in [-0.2, 0) is 13.0 Å². The third-order valence-electron chi connectivity index (χ3n) is 4.00. The zero-order valence-corrected chi connectivity index (χ0v) is 10.4. The number of aromatic nitrogens is 2. The molecule has 0 radical (unpaired) electrons. The predicted molar refractivity (Wildman–Crippen MR) is 66.1 cm³/mol. The Morgan fingerprint density at radius 1 is 1.50 bits per heavy atom. The second-order valence-electron chi connectivity index (χ2n) is 5.10. The van der Waals surface area contributed by atoms with Gasteiger partial charge in [0.25, 0.3) is 0 Å². The predicted octanol–water partition coefficient (Wildman–Crippen LogP) is 2.21. The van der Waals surface area contributed by atoms with Crippen molar-refractivity contribution in [3.05, 3.63) is 18.2 Å². The summed E-state index contributed by atoms with van der Waals surface area (Å²) < 4.78 is 2.29. The molecule has 0 saturated heterocycles. The summed E-state index contributed by atoms with van der Waals surface area (Å²) in [4.78, 5) is 4.48. The number of rotatable bonds is 4. The number of nitrogens with two attached hydrogens (primary N) is 1. The van der Waals surface area contributed by atoms with E-state index in [0.29, 0.717) is 12.0 Å². The van der Waals surface area contributed by atoms with Crippen molar-refractivity contribution in [1.29, 1.82) is 0 Å². The summed E-state index contributed by atoms with van der Waals surface area (Å²) in [7, 11) is 0. The summed E-state index contributed by atoms with van der Waals surface area (Å²) in [6.07, 6.45) is 8.73. The molecule has 90 valence electrons. The summed E-state index contributed by atoms with van der Waals surface area (Å²) >= 11 is 0. The molecule has 1 aromatic heterocycles. The van der Waals surface area contributed by atoms with Crippen LogP contribution in [0.15, 0.2) is 12.4 Å². The lowest BCUT2D eigenvalue weighted by Crippen LogP contribution is -2.26. The fraction of sp³-hybridized carbons (Fsp3) is 0.769. The van der Waals surface area contributed by atoms with Crippen molar-refractivity contribution in [2.45, 2.75) is 52.1 Å². The van der Waals surface area contributed by atoms with Crippen molar-refractivity contribution in [3.8, 4) is 0 Å². The van der Waals surface area contributed by atoms with Gasteiger partial charge in [-0.2, -0.15) is 0 Å². The van der Waals surface area contributed by atoms with Gasteiger partial charge >= 0.3 is 0 Å². The van der Waals surface area contributed by atoms with Gasteiger partial charge in [0.1, 0.15) is 5.82 Å². The first-order chi connectivity index (χ1) is 7.72.